The van der Waals surface area contributed by atoms with E-state index in [1.807, 2.05) is 7.11 Å². The summed E-state index contributed by atoms with van der Waals surface area (Å²) in [7, 11) is 1.81. The monoisotopic (exact) mass is 282 g/mol. The molecule has 2 rings (SSSR count). The van der Waals surface area contributed by atoms with Gasteiger partial charge in [-0.15, -0.1) is 0 Å². The van der Waals surface area contributed by atoms with Gasteiger partial charge in [-0.3, -0.25) is 4.90 Å². The number of methoxy groups -OCH3 is 1. The number of rotatable bonds is 7. The number of nitrogens with two attached hydrogens (primary N) is 1. The maximum atomic E-state index is 6.30. The Morgan fingerprint density at radius 1 is 1.25 bits per heavy atom. The molecule has 0 aromatic heterocycles. The molecule has 2 fully saturated rings. The first-order valence-corrected chi connectivity index (χ1v) is 8.58. The minimum Gasteiger partial charge on any atom is -0.383 e. The average Bonchev–Trinajstić information content (AvgIpc) is 3.28. The van der Waals surface area contributed by atoms with E-state index in [-0.39, 0.29) is 5.54 Å². The molecule has 0 saturated heterocycles. The van der Waals surface area contributed by atoms with Gasteiger partial charge in [-0.25, -0.2) is 0 Å². The standard InChI is InChI=1S/C17H34N2O/c1-14-5-4-9-17(13-18,10-8-14)19(11-12-20-3)15(2)16-6-7-16/h14-16H,4-13,18H2,1-3H3. The molecule has 0 radical (unpaired) electrons. The normalized spacial score (nSPS) is 33.1. The molecular formula is C17H34N2O. The Hall–Kier alpha value is -0.120. The second-order valence-corrected chi connectivity index (χ2v) is 7.23. The van der Waals surface area contributed by atoms with Gasteiger partial charge in [-0.05, 0) is 50.9 Å². The summed E-state index contributed by atoms with van der Waals surface area (Å²) < 4.78 is 5.37. The highest BCUT2D eigenvalue weighted by atomic mass is 16.5. The lowest BCUT2D eigenvalue weighted by molar-refractivity contribution is 0.0107. The summed E-state index contributed by atoms with van der Waals surface area (Å²) in [6.07, 6.45) is 9.39. The van der Waals surface area contributed by atoms with Crippen LogP contribution in [0.3, 0.4) is 0 Å². The van der Waals surface area contributed by atoms with Crippen LogP contribution >= 0.6 is 0 Å². The van der Waals surface area contributed by atoms with E-state index in [1.165, 1.54) is 44.9 Å². The van der Waals surface area contributed by atoms with Crippen LogP contribution in [0.5, 0.6) is 0 Å². The lowest BCUT2D eigenvalue weighted by Crippen LogP contribution is -2.58. The Bertz CT molecular complexity index is 293. The van der Waals surface area contributed by atoms with Gasteiger partial charge >= 0.3 is 0 Å². The summed E-state index contributed by atoms with van der Waals surface area (Å²) in [5.41, 5.74) is 6.53. The van der Waals surface area contributed by atoms with Crippen molar-refractivity contribution in [2.75, 3.05) is 26.8 Å². The first-order valence-electron chi connectivity index (χ1n) is 8.58. The first-order chi connectivity index (χ1) is 9.63. The summed E-state index contributed by atoms with van der Waals surface area (Å²) in [5, 5.41) is 0. The molecule has 3 atom stereocenters. The van der Waals surface area contributed by atoms with E-state index in [9.17, 15) is 0 Å². The van der Waals surface area contributed by atoms with Crippen LogP contribution in [0.4, 0.5) is 0 Å². The second-order valence-electron chi connectivity index (χ2n) is 7.23. The maximum absolute atomic E-state index is 6.30. The molecule has 2 aliphatic carbocycles. The third-order valence-corrected chi connectivity index (χ3v) is 5.76. The molecule has 0 bridgehead atoms. The van der Waals surface area contributed by atoms with Gasteiger partial charge < -0.3 is 10.5 Å². The van der Waals surface area contributed by atoms with Gasteiger partial charge in [-0.1, -0.05) is 19.8 Å². The van der Waals surface area contributed by atoms with Crippen molar-refractivity contribution in [1.29, 1.82) is 0 Å². The fourth-order valence-electron chi connectivity index (χ4n) is 4.07. The van der Waals surface area contributed by atoms with E-state index in [0.717, 1.165) is 31.5 Å². The van der Waals surface area contributed by atoms with Gasteiger partial charge in [0.15, 0.2) is 0 Å². The smallest absolute Gasteiger partial charge is 0.0590 e. The molecule has 20 heavy (non-hydrogen) atoms. The quantitative estimate of drug-likeness (QED) is 0.729. The molecule has 0 aliphatic heterocycles. The summed E-state index contributed by atoms with van der Waals surface area (Å²) in [5.74, 6) is 1.76. The molecule has 2 N–H and O–H groups in total. The second kappa shape index (κ2) is 7.24. The average molecular weight is 282 g/mol. The molecule has 118 valence electrons. The van der Waals surface area contributed by atoms with Crippen LogP contribution in [0.15, 0.2) is 0 Å². The zero-order chi connectivity index (χ0) is 14.6. The van der Waals surface area contributed by atoms with Crippen molar-refractivity contribution in [3.63, 3.8) is 0 Å². The predicted molar refractivity (Wildman–Crippen MR) is 84.8 cm³/mol. The highest BCUT2D eigenvalue weighted by Crippen LogP contribution is 2.41. The zero-order valence-corrected chi connectivity index (χ0v) is 13.7. The summed E-state index contributed by atoms with van der Waals surface area (Å²) >= 11 is 0. The molecule has 0 spiro atoms. The minimum absolute atomic E-state index is 0.227. The van der Waals surface area contributed by atoms with Gasteiger partial charge in [0.25, 0.3) is 0 Å². The lowest BCUT2D eigenvalue weighted by atomic mass is 9.85. The van der Waals surface area contributed by atoms with Crippen LogP contribution in [-0.4, -0.2) is 43.3 Å². The van der Waals surface area contributed by atoms with Gasteiger partial charge in [0, 0.05) is 31.8 Å². The van der Waals surface area contributed by atoms with Crippen molar-refractivity contribution in [2.45, 2.75) is 70.4 Å². The van der Waals surface area contributed by atoms with Crippen molar-refractivity contribution in [1.82, 2.24) is 4.90 Å². The minimum atomic E-state index is 0.227. The van der Waals surface area contributed by atoms with E-state index >= 15 is 0 Å². The Kier molecular flexibility index (Phi) is 5.88. The predicted octanol–water partition coefficient (Wildman–Crippen LogP) is 3.03. The Morgan fingerprint density at radius 3 is 2.60 bits per heavy atom. The number of hydrogen-bond acceptors (Lipinski definition) is 3. The number of nitrogens with zero attached hydrogens (tertiary/aromatic N) is 1. The van der Waals surface area contributed by atoms with Crippen LogP contribution in [0.25, 0.3) is 0 Å². The molecule has 3 heteroatoms. The van der Waals surface area contributed by atoms with Gasteiger partial charge in [-0.2, -0.15) is 0 Å². The Morgan fingerprint density at radius 2 is 2.00 bits per heavy atom. The lowest BCUT2D eigenvalue weighted by Gasteiger charge is -2.47. The number of ether oxygens (including phenoxy) is 1. The third-order valence-electron chi connectivity index (χ3n) is 5.76. The fraction of sp³-hybridized carbons (Fsp3) is 1.00. The van der Waals surface area contributed by atoms with E-state index in [2.05, 4.69) is 18.7 Å². The molecule has 2 aliphatic rings. The largest absolute Gasteiger partial charge is 0.383 e. The topological polar surface area (TPSA) is 38.5 Å². The van der Waals surface area contributed by atoms with Gasteiger partial charge in [0.1, 0.15) is 0 Å². The third kappa shape index (κ3) is 3.75. The highest BCUT2D eigenvalue weighted by Gasteiger charge is 2.43. The zero-order valence-electron chi connectivity index (χ0n) is 13.7. The molecule has 0 aromatic carbocycles. The van der Waals surface area contributed by atoms with Crippen molar-refractivity contribution in [3.05, 3.63) is 0 Å². The fourth-order valence-corrected chi connectivity index (χ4v) is 4.07. The van der Waals surface area contributed by atoms with E-state index in [1.54, 1.807) is 0 Å². The van der Waals surface area contributed by atoms with Crippen molar-refractivity contribution in [2.24, 2.45) is 17.6 Å². The molecule has 0 aromatic rings. The number of hydrogen-bond donors (Lipinski definition) is 1. The molecule has 2 saturated carbocycles. The van der Waals surface area contributed by atoms with Crippen LogP contribution < -0.4 is 5.73 Å². The van der Waals surface area contributed by atoms with Gasteiger partial charge in [0.05, 0.1) is 6.61 Å². The first kappa shape index (κ1) is 16.3. The van der Waals surface area contributed by atoms with E-state index in [0.29, 0.717) is 6.04 Å². The van der Waals surface area contributed by atoms with Gasteiger partial charge in [0.2, 0.25) is 0 Å². The Balaban J connectivity index is 2.12. The van der Waals surface area contributed by atoms with Crippen LogP contribution in [-0.2, 0) is 4.74 Å². The van der Waals surface area contributed by atoms with Crippen LogP contribution in [0.1, 0.15) is 58.8 Å². The van der Waals surface area contributed by atoms with Crippen molar-refractivity contribution in [3.8, 4) is 0 Å². The Labute approximate surface area is 125 Å². The van der Waals surface area contributed by atoms with E-state index < -0.39 is 0 Å². The van der Waals surface area contributed by atoms with Crippen LogP contribution in [0, 0.1) is 11.8 Å². The van der Waals surface area contributed by atoms with E-state index in [4.69, 9.17) is 10.5 Å². The van der Waals surface area contributed by atoms with Crippen molar-refractivity contribution >= 4 is 0 Å². The summed E-state index contributed by atoms with van der Waals surface area (Å²) in [6, 6.07) is 0.669. The molecule has 3 unspecified atom stereocenters. The summed E-state index contributed by atoms with van der Waals surface area (Å²) in [4.78, 5) is 2.73. The van der Waals surface area contributed by atoms with Crippen molar-refractivity contribution < 1.29 is 4.74 Å². The highest BCUT2D eigenvalue weighted by molar-refractivity contribution is 4.99. The SMILES string of the molecule is COCCN(C(C)C1CC1)C1(CN)CCCC(C)CC1. The maximum Gasteiger partial charge on any atom is 0.0590 e. The molecule has 0 heterocycles. The molecule has 3 nitrogen and oxygen atoms in total. The van der Waals surface area contributed by atoms with Crippen LogP contribution in [0.2, 0.25) is 0 Å². The summed E-state index contributed by atoms with van der Waals surface area (Å²) in [6.45, 7) is 7.49. The molecular weight excluding hydrogens is 248 g/mol. The molecule has 0 amide bonds.